The zero-order valence-corrected chi connectivity index (χ0v) is 14.4. The van der Waals surface area contributed by atoms with Gasteiger partial charge >= 0.3 is 5.97 Å². The Hall–Kier alpha value is -3.47. The van der Waals surface area contributed by atoms with E-state index in [-0.39, 0.29) is 5.56 Å². The molecule has 2 aromatic carbocycles. The van der Waals surface area contributed by atoms with E-state index < -0.39 is 5.97 Å². The van der Waals surface area contributed by atoms with Crippen molar-refractivity contribution in [2.24, 2.45) is 0 Å². The van der Waals surface area contributed by atoms with Crippen LogP contribution >= 0.6 is 0 Å². The van der Waals surface area contributed by atoms with Gasteiger partial charge in [-0.1, -0.05) is 30.3 Å². The average molecular weight is 347 g/mol. The lowest BCUT2D eigenvalue weighted by molar-refractivity contribution is 0.0700. The van der Waals surface area contributed by atoms with E-state index in [0.717, 1.165) is 16.3 Å². The number of nitrogens with zero attached hydrogens (tertiary/aromatic N) is 1. The molecule has 1 N–H and O–H groups in total. The second-order valence-corrected chi connectivity index (χ2v) is 5.92. The first-order chi connectivity index (χ1) is 12.7. The quantitative estimate of drug-likeness (QED) is 0.591. The van der Waals surface area contributed by atoms with Crippen LogP contribution in [-0.4, -0.2) is 29.7 Å². The Morgan fingerprint density at radius 3 is 2.35 bits per heavy atom. The smallest absolute Gasteiger partial charge is 0.338 e. The predicted molar refractivity (Wildman–Crippen MR) is 100 cm³/mol. The van der Waals surface area contributed by atoms with Crippen LogP contribution in [0.1, 0.15) is 10.4 Å². The van der Waals surface area contributed by atoms with Gasteiger partial charge in [0.15, 0.2) is 0 Å². The molecule has 5 heteroatoms. The van der Waals surface area contributed by atoms with Gasteiger partial charge in [-0.25, -0.2) is 4.79 Å². The van der Waals surface area contributed by atoms with Gasteiger partial charge in [0, 0.05) is 35.0 Å². The molecule has 2 aromatic heterocycles. The first-order valence-corrected chi connectivity index (χ1v) is 8.12. The fraction of sp³-hybridized carbons (Fsp3) is 0.0952. The van der Waals surface area contributed by atoms with E-state index in [0.29, 0.717) is 22.6 Å². The lowest BCUT2D eigenvalue weighted by Gasteiger charge is -2.15. The molecule has 4 rings (SSSR count). The Balaban J connectivity index is 2.18. The number of carbonyl (C=O) groups is 1. The number of hydrogen-bond acceptors (Lipinski definition) is 3. The van der Waals surface area contributed by atoms with E-state index in [1.165, 1.54) is 0 Å². The first-order valence-electron chi connectivity index (χ1n) is 8.12. The summed E-state index contributed by atoms with van der Waals surface area (Å²) >= 11 is 0. The number of carboxylic acids is 1. The van der Waals surface area contributed by atoms with E-state index in [2.05, 4.69) is 0 Å². The van der Waals surface area contributed by atoms with Crippen molar-refractivity contribution in [1.29, 1.82) is 0 Å². The first kappa shape index (κ1) is 16.0. The maximum Gasteiger partial charge on any atom is 0.338 e. The normalized spacial score (nSPS) is 11.0. The van der Waals surface area contributed by atoms with Crippen molar-refractivity contribution in [3.05, 3.63) is 66.5 Å². The molecule has 0 unspecified atom stereocenters. The van der Waals surface area contributed by atoms with Crippen LogP contribution in [0.2, 0.25) is 0 Å². The highest BCUT2D eigenvalue weighted by Crippen LogP contribution is 2.44. The number of rotatable bonds is 4. The number of methoxy groups -OCH3 is 2. The minimum atomic E-state index is -0.976. The lowest BCUT2D eigenvalue weighted by atomic mass is 9.95. The summed E-state index contributed by atoms with van der Waals surface area (Å²) in [6.07, 6.45) is 3.67. The largest absolute Gasteiger partial charge is 0.496 e. The molecular weight excluding hydrogens is 330 g/mol. The molecule has 4 aromatic rings. The standard InChI is InChI=1S/C21H17NO4/c1-25-17-11-18(26-2)19(14-8-4-3-7-13(14)17)15-12-22-10-6-5-9-16(22)20(15)21(23)24/h3-12H,1-2H3,(H,23,24). The van der Waals surface area contributed by atoms with Crippen molar-refractivity contribution >= 4 is 22.3 Å². The lowest BCUT2D eigenvalue weighted by Crippen LogP contribution is -1.99. The third-order valence-corrected chi connectivity index (χ3v) is 4.58. The van der Waals surface area contributed by atoms with Gasteiger partial charge in [0.2, 0.25) is 0 Å². The fourth-order valence-corrected chi connectivity index (χ4v) is 3.46. The van der Waals surface area contributed by atoms with Crippen LogP contribution in [0.25, 0.3) is 27.4 Å². The Morgan fingerprint density at radius 1 is 0.962 bits per heavy atom. The second kappa shape index (κ2) is 6.11. The van der Waals surface area contributed by atoms with Crippen molar-refractivity contribution in [2.45, 2.75) is 0 Å². The Labute approximate surface area is 150 Å². The molecule has 0 fully saturated rings. The van der Waals surface area contributed by atoms with Crippen molar-refractivity contribution in [1.82, 2.24) is 4.40 Å². The minimum absolute atomic E-state index is 0.249. The van der Waals surface area contributed by atoms with E-state index in [1.54, 1.807) is 26.4 Å². The molecule has 0 amide bonds. The zero-order chi connectivity index (χ0) is 18.3. The molecular formula is C21H17NO4. The maximum atomic E-state index is 12.1. The number of carboxylic acid groups (broad SMARTS) is 1. The van der Waals surface area contributed by atoms with Crippen molar-refractivity contribution in [3.8, 4) is 22.6 Å². The van der Waals surface area contributed by atoms with Crippen LogP contribution in [0, 0.1) is 0 Å². The van der Waals surface area contributed by atoms with Crippen LogP contribution < -0.4 is 9.47 Å². The highest BCUT2D eigenvalue weighted by atomic mass is 16.5. The Bertz CT molecular complexity index is 1140. The third kappa shape index (κ3) is 2.29. The number of benzene rings is 2. The highest BCUT2D eigenvalue weighted by molar-refractivity contribution is 6.11. The molecule has 0 aliphatic carbocycles. The van der Waals surface area contributed by atoms with Crippen LogP contribution in [-0.2, 0) is 0 Å². The summed E-state index contributed by atoms with van der Waals surface area (Å²) in [6, 6.07) is 15.0. The van der Waals surface area contributed by atoms with Crippen molar-refractivity contribution in [2.75, 3.05) is 14.2 Å². The molecule has 2 heterocycles. The summed E-state index contributed by atoms with van der Waals surface area (Å²) in [7, 11) is 3.18. The predicted octanol–water partition coefficient (Wildman–Crippen LogP) is 4.47. The highest BCUT2D eigenvalue weighted by Gasteiger charge is 2.23. The number of pyridine rings is 1. The molecule has 0 atom stereocenters. The number of aromatic carboxylic acids is 1. The molecule has 26 heavy (non-hydrogen) atoms. The summed E-state index contributed by atoms with van der Waals surface area (Å²) in [5, 5.41) is 11.6. The molecule has 5 nitrogen and oxygen atoms in total. The topological polar surface area (TPSA) is 60.2 Å². The second-order valence-electron chi connectivity index (χ2n) is 5.92. The van der Waals surface area contributed by atoms with Gasteiger partial charge in [-0.3, -0.25) is 0 Å². The van der Waals surface area contributed by atoms with Crippen LogP contribution in [0.5, 0.6) is 11.5 Å². The maximum absolute atomic E-state index is 12.1. The molecule has 0 radical (unpaired) electrons. The monoisotopic (exact) mass is 347 g/mol. The molecule has 0 aliphatic rings. The fourth-order valence-electron chi connectivity index (χ4n) is 3.46. The van der Waals surface area contributed by atoms with Crippen LogP contribution in [0.4, 0.5) is 0 Å². The molecule has 0 saturated carbocycles. The van der Waals surface area contributed by atoms with Crippen LogP contribution in [0.15, 0.2) is 60.9 Å². The number of hydrogen-bond donors (Lipinski definition) is 1. The number of aromatic nitrogens is 1. The van der Waals surface area contributed by atoms with E-state index in [1.807, 2.05) is 53.2 Å². The summed E-state index contributed by atoms with van der Waals surface area (Å²) < 4.78 is 12.9. The van der Waals surface area contributed by atoms with Crippen molar-refractivity contribution in [3.63, 3.8) is 0 Å². The molecule has 130 valence electrons. The summed E-state index contributed by atoms with van der Waals surface area (Å²) in [5.41, 5.74) is 2.24. The SMILES string of the molecule is COc1cc(OC)c2ccccc2c1-c1cn2ccccc2c1C(=O)O. The van der Waals surface area contributed by atoms with Gasteiger partial charge in [-0.05, 0) is 17.5 Å². The molecule has 0 bridgehead atoms. The third-order valence-electron chi connectivity index (χ3n) is 4.58. The van der Waals surface area contributed by atoms with Gasteiger partial charge in [0.1, 0.15) is 11.5 Å². The summed E-state index contributed by atoms with van der Waals surface area (Å²) in [4.78, 5) is 12.1. The van der Waals surface area contributed by atoms with E-state index in [4.69, 9.17) is 9.47 Å². The van der Waals surface area contributed by atoms with E-state index >= 15 is 0 Å². The number of ether oxygens (including phenoxy) is 2. The minimum Gasteiger partial charge on any atom is -0.496 e. The number of fused-ring (bicyclic) bond motifs is 2. The van der Waals surface area contributed by atoms with Gasteiger partial charge in [-0.15, -0.1) is 0 Å². The van der Waals surface area contributed by atoms with Gasteiger partial charge in [-0.2, -0.15) is 0 Å². The van der Waals surface area contributed by atoms with Gasteiger partial charge < -0.3 is 19.0 Å². The Morgan fingerprint density at radius 2 is 1.65 bits per heavy atom. The van der Waals surface area contributed by atoms with Gasteiger partial charge in [0.05, 0.1) is 25.3 Å². The zero-order valence-electron chi connectivity index (χ0n) is 14.4. The summed E-state index contributed by atoms with van der Waals surface area (Å²) in [5.74, 6) is 0.274. The molecule has 0 saturated heterocycles. The molecule has 0 spiro atoms. The average Bonchev–Trinajstić information content (AvgIpc) is 3.05. The van der Waals surface area contributed by atoms with Crippen LogP contribution in [0.3, 0.4) is 0 Å². The van der Waals surface area contributed by atoms with E-state index in [9.17, 15) is 9.90 Å². The van der Waals surface area contributed by atoms with Gasteiger partial charge in [0.25, 0.3) is 0 Å². The summed E-state index contributed by atoms with van der Waals surface area (Å²) in [6.45, 7) is 0. The Kier molecular flexibility index (Phi) is 3.77. The molecule has 0 aliphatic heterocycles. The van der Waals surface area contributed by atoms with Crippen molar-refractivity contribution < 1.29 is 19.4 Å².